The molecule has 1 saturated carbocycles. The Hall–Kier alpha value is -1.61. The third-order valence-corrected chi connectivity index (χ3v) is 5.89. The summed E-state index contributed by atoms with van der Waals surface area (Å²) in [4.78, 5) is 7.13. The van der Waals surface area contributed by atoms with E-state index in [9.17, 15) is 0 Å². The molecule has 0 bridgehead atoms. The van der Waals surface area contributed by atoms with Gasteiger partial charge in [0.1, 0.15) is 0 Å². The zero-order valence-electron chi connectivity index (χ0n) is 14.7. The zero-order valence-corrected chi connectivity index (χ0v) is 14.7. The van der Waals surface area contributed by atoms with Gasteiger partial charge in [-0.3, -0.25) is 0 Å². The van der Waals surface area contributed by atoms with Crippen LogP contribution < -0.4 is 4.74 Å². The molecule has 0 radical (unpaired) electrons. The van der Waals surface area contributed by atoms with Gasteiger partial charge in [-0.2, -0.15) is 0 Å². The number of rotatable bonds is 4. The molecular formula is C21H28N2O. The number of hydrogen-bond donors (Lipinski definition) is 0. The van der Waals surface area contributed by atoms with Crippen LogP contribution in [0.3, 0.4) is 0 Å². The van der Waals surface area contributed by atoms with Crippen LogP contribution in [0.1, 0.15) is 44.1 Å². The third kappa shape index (κ3) is 3.41. The molecule has 128 valence electrons. The molecule has 4 rings (SSSR count). The van der Waals surface area contributed by atoms with Crippen LogP contribution in [0.4, 0.5) is 0 Å². The van der Waals surface area contributed by atoms with Gasteiger partial charge in [-0.25, -0.2) is 4.98 Å². The van der Waals surface area contributed by atoms with Crippen LogP contribution in [0.25, 0.3) is 10.8 Å². The monoisotopic (exact) mass is 324 g/mol. The zero-order chi connectivity index (χ0) is 16.4. The van der Waals surface area contributed by atoms with Gasteiger partial charge in [0.2, 0.25) is 5.88 Å². The summed E-state index contributed by atoms with van der Waals surface area (Å²) in [5, 5.41) is 2.43. The number of benzene rings is 1. The van der Waals surface area contributed by atoms with Gasteiger partial charge in [-0.1, -0.05) is 25.0 Å². The van der Waals surface area contributed by atoms with Gasteiger partial charge < -0.3 is 9.64 Å². The Morgan fingerprint density at radius 2 is 1.96 bits per heavy atom. The Morgan fingerprint density at radius 1 is 1.08 bits per heavy atom. The predicted molar refractivity (Wildman–Crippen MR) is 98.6 cm³/mol. The second-order valence-corrected chi connectivity index (χ2v) is 7.55. The number of ether oxygens (including phenoxy) is 1. The molecule has 0 amide bonds. The highest BCUT2D eigenvalue weighted by atomic mass is 16.5. The van der Waals surface area contributed by atoms with E-state index in [1.54, 1.807) is 7.11 Å². The van der Waals surface area contributed by atoms with Crippen molar-refractivity contribution in [3.63, 3.8) is 0 Å². The lowest BCUT2D eigenvalue weighted by Gasteiger charge is -2.37. The molecule has 1 aromatic carbocycles. The Balaban J connectivity index is 1.45. The summed E-state index contributed by atoms with van der Waals surface area (Å²) < 4.78 is 5.22. The van der Waals surface area contributed by atoms with E-state index in [-0.39, 0.29) is 0 Å². The molecule has 0 spiro atoms. The predicted octanol–water partition coefficient (Wildman–Crippen LogP) is 4.44. The van der Waals surface area contributed by atoms with Crippen molar-refractivity contribution >= 4 is 10.8 Å². The summed E-state index contributed by atoms with van der Waals surface area (Å²) in [7, 11) is 1.67. The quantitative estimate of drug-likeness (QED) is 0.831. The molecule has 1 aliphatic heterocycles. The maximum atomic E-state index is 5.22. The molecule has 2 aliphatic rings. The van der Waals surface area contributed by atoms with Gasteiger partial charge in [0.25, 0.3) is 0 Å². The Morgan fingerprint density at radius 3 is 2.79 bits per heavy atom. The van der Waals surface area contributed by atoms with E-state index < -0.39 is 0 Å². The van der Waals surface area contributed by atoms with E-state index in [4.69, 9.17) is 4.74 Å². The van der Waals surface area contributed by atoms with E-state index in [0.29, 0.717) is 5.88 Å². The minimum atomic E-state index is 0.690. The molecule has 24 heavy (non-hydrogen) atoms. The maximum Gasteiger partial charge on any atom is 0.213 e. The maximum absolute atomic E-state index is 5.22. The second-order valence-electron chi connectivity index (χ2n) is 7.55. The first-order chi connectivity index (χ1) is 11.8. The fourth-order valence-corrected chi connectivity index (χ4v) is 4.61. The summed E-state index contributed by atoms with van der Waals surface area (Å²) in [6.07, 6.45) is 11.6. The van der Waals surface area contributed by atoms with Gasteiger partial charge in [0.15, 0.2) is 0 Å². The van der Waals surface area contributed by atoms with Crippen molar-refractivity contribution in [3.8, 4) is 5.88 Å². The summed E-state index contributed by atoms with van der Waals surface area (Å²) in [5.41, 5.74) is 1.45. The Kier molecular flexibility index (Phi) is 4.70. The molecule has 2 fully saturated rings. The lowest BCUT2D eigenvalue weighted by atomic mass is 9.90. The molecule has 1 unspecified atom stereocenters. The number of piperidine rings is 1. The van der Waals surface area contributed by atoms with E-state index in [0.717, 1.165) is 12.0 Å². The number of pyridine rings is 1. The summed E-state index contributed by atoms with van der Waals surface area (Å²) in [6.45, 7) is 2.62. The molecule has 1 aliphatic carbocycles. The topological polar surface area (TPSA) is 25.4 Å². The van der Waals surface area contributed by atoms with Crippen LogP contribution >= 0.6 is 0 Å². The van der Waals surface area contributed by atoms with Crippen molar-refractivity contribution in [2.24, 2.45) is 5.92 Å². The molecular weight excluding hydrogens is 296 g/mol. The van der Waals surface area contributed by atoms with Crippen molar-refractivity contribution in [2.75, 3.05) is 20.2 Å². The summed E-state index contributed by atoms with van der Waals surface area (Å²) in [5.74, 6) is 1.50. The molecule has 0 N–H and O–H groups in total. The number of aromatic nitrogens is 1. The van der Waals surface area contributed by atoms with Crippen LogP contribution in [0.5, 0.6) is 5.88 Å². The standard InChI is InChI=1S/C21H28N2O/c1-24-21-13-18-9-8-16(12-19(18)14-22-21)11-17-5-4-10-23(15-17)20-6-2-3-7-20/h8-9,12-14,17,20H,2-7,10-11,15H2,1H3. The van der Waals surface area contributed by atoms with E-state index >= 15 is 0 Å². The fourth-order valence-electron chi connectivity index (χ4n) is 4.61. The largest absolute Gasteiger partial charge is 0.481 e. The highest BCUT2D eigenvalue weighted by molar-refractivity contribution is 5.83. The van der Waals surface area contributed by atoms with Crippen LogP contribution in [0, 0.1) is 5.92 Å². The number of methoxy groups -OCH3 is 1. The SMILES string of the molecule is COc1cc2ccc(CC3CCCN(C4CCCC4)C3)cc2cn1. The first kappa shape index (κ1) is 15.9. The first-order valence-corrected chi connectivity index (χ1v) is 9.48. The normalized spacial score (nSPS) is 23.0. The minimum absolute atomic E-state index is 0.690. The lowest BCUT2D eigenvalue weighted by molar-refractivity contribution is 0.125. The van der Waals surface area contributed by atoms with Crippen LogP contribution in [0.15, 0.2) is 30.5 Å². The summed E-state index contributed by atoms with van der Waals surface area (Å²) >= 11 is 0. The minimum Gasteiger partial charge on any atom is -0.481 e. The number of fused-ring (bicyclic) bond motifs is 1. The smallest absolute Gasteiger partial charge is 0.213 e. The highest BCUT2D eigenvalue weighted by Crippen LogP contribution is 2.30. The molecule has 2 heterocycles. The molecule has 3 heteroatoms. The van der Waals surface area contributed by atoms with Crippen LogP contribution in [0.2, 0.25) is 0 Å². The van der Waals surface area contributed by atoms with E-state index in [1.807, 2.05) is 12.3 Å². The van der Waals surface area contributed by atoms with Gasteiger partial charge in [0.05, 0.1) is 7.11 Å². The van der Waals surface area contributed by atoms with Gasteiger partial charge in [-0.05, 0) is 61.6 Å². The number of likely N-dealkylation sites (tertiary alicyclic amines) is 1. The molecule has 1 saturated heterocycles. The van der Waals surface area contributed by atoms with E-state index in [2.05, 4.69) is 28.1 Å². The lowest BCUT2D eigenvalue weighted by Crippen LogP contribution is -2.42. The average Bonchev–Trinajstić information content (AvgIpc) is 3.16. The molecule has 3 nitrogen and oxygen atoms in total. The van der Waals surface area contributed by atoms with Crippen LogP contribution in [-0.2, 0) is 6.42 Å². The number of hydrogen-bond acceptors (Lipinski definition) is 3. The van der Waals surface area contributed by atoms with Gasteiger partial charge in [-0.15, -0.1) is 0 Å². The van der Waals surface area contributed by atoms with Crippen LogP contribution in [-0.4, -0.2) is 36.1 Å². The van der Waals surface area contributed by atoms with Crippen molar-refractivity contribution in [1.82, 2.24) is 9.88 Å². The Bertz CT molecular complexity index is 693. The third-order valence-electron chi connectivity index (χ3n) is 5.89. The summed E-state index contributed by atoms with van der Waals surface area (Å²) in [6, 6.07) is 9.71. The molecule has 1 aromatic heterocycles. The molecule has 1 atom stereocenters. The van der Waals surface area contributed by atoms with E-state index in [1.165, 1.54) is 74.4 Å². The highest BCUT2D eigenvalue weighted by Gasteiger charge is 2.27. The van der Waals surface area contributed by atoms with Gasteiger partial charge >= 0.3 is 0 Å². The van der Waals surface area contributed by atoms with Crippen molar-refractivity contribution in [3.05, 3.63) is 36.0 Å². The molecule has 2 aromatic rings. The van der Waals surface area contributed by atoms with Crippen molar-refractivity contribution < 1.29 is 4.74 Å². The van der Waals surface area contributed by atoms with Crippen molar-refractivity contribution in [2.45, 2.75) is 51.0 Å². The Labute approximate surface area is 145 Å². The average molecular weight is 324 g/mol. The number of nitrogens with zero attached hydrogens (tertiary/aromatic N) is 2. The second kappa shape index (κ2) is 7.10. The van der Waals surface area contributed by atoms with Crippen molar-refractivity contribution in [1.29, 1.82) is 0 Å². The fraction of sp³-hybridized carbons (Fsp3) is 0.571. The van der Waals surface area contributed by atoms with Gasteiger partial charge in [0, 0.05) is 30.2 Å². The first-order valence-electron chi connectivity index (χ1n) is 9.48.